The lowest BCUT2D eigenvalue weighted by molar-refractivity contribution is -0.122. The number of rotatable bonds is 6. The fourth-order valence-corrected chi connectivity index (χ4v) is 1.86. The first-order valence-corrected chi connectivity index (χ1v) is 6.85. The molecule has 0 aliphatic carbocycles. The summed E-state index contributed by atoms with van der Waals surface area (Å²) in [6.07, 6.45) is 3.60. The zero-order chi connectivity index (χ0) is 15.2. The van der Waals surface area contributed by atoms with E-state index in [2.05, 4.69) is 20.4 Å². The molecule has 0 saturated heterocycles. The Labute approximate surface area is 147 Å². The molecule has 2 heterocycles. The van der Waals surface area contributed by atoms with Crippen LogP contribution in [0.2, 0.25) is 0 Å². The van der Waals surface area contributed by atoms with Gasteiger partial charge in [0.2, 0.25) is 17.6 Å². The van der Waals surface area contributed by atoms with Crippen molar-refractivity contribution >= 4 is 30.7 Å². The van der Waals surface area contributed by atoms with Crippen molar-refractivity contribution in [3.8, 4) is 11.4 Å². The third kappa shape index (κ3) is 5.78. The van der Waals surface area contributed by atoms with Gasteiger partial charge in [-0.2, -0.15) is 4.98 Å². The zero-order valence-corrected chi connectivity index (χ0v) is 14.6. The Kier molecular flexibility index (Phi) is 9.40. The summed E-state index contributed by atoms with van der Waals surface area (Å²) < 4.78 is 5.29. The molecule has 2 rings (SSSR count). The Morgan fingerprint density at radius 3 is 2.70 bits per heavy atom. The molecule has 0 radical (unpaired) electrons. The summed E-state index contributed by atoms with van der Waals surface area (Å²) in [7, 11) is 0. The lowest BCUT2D eigenvalue weighted by Gasteiger charge is -2.18. The molecule has 2 aromatic rings. The molecule has 2 aromatic heterocycles. The Balaban J connectivity index is 0.00000242. The van der Waals surface area contributed by atoms with Gasteiger partial charge in [-0.25, -0.2) is 0 Å². The van der Waals surface area contributed by atoms with Crippen LogP contribution in [-0.4, -0.2) is 27.6 Å². The van der Waals surface area contributed by atoms with Crippen LogP contribution in [0.3, 0.4) is 0 Å². The van der Waals surface area contributed by atoms with Gasteiger partial charge >= 0.3 is 0 Å². The maximum atomic E-state index is 11.7. The second-order valence-electron chi connectivity index (χ2n) is 5.03. The van der Waals surface area contributed by atoms with Crippen LogP contribution >= 0.6 is 24.8 Å². The van der Waals surface area contributed by atoms with Crippen molar-refractivity contribution < 1.29 is 9.32 Å². The lowest BCUT2D eigenvalue weighted by Crippen LogP contribution is -2.33. The molecule has 0 saturated carbocycles. The van der Waals surface area contributed by atoms with Crippen LogP contribution in [0.5, 0.6) is 0 Å². The summed E-state index contributed by atoms with van der Waals surface area (Å²) in [4.78, 5) is 20.1. The van der Waals surface area contributed by atoms with E-state index in [-0.39, 0.29) is 49.1 Å². The number of hydrogen-bond donors (Lipinski definition) is 2. The van der Waals surface area contributed by atoms with Gasteiger partial charge in [0.25, 0.3) is 0 Å². The molecule has 1 amide bonds. The highest BCUT2D eigenvalue weighted by Crippen LogP contribution is 2.23. The average molecular weight is 362 g/mol. The molecule has 0 aromatic carbocycles. The molecule has 7 nitrogen and oxygen atoms in total. The number of nitrogens with one attached hydrogen (secondary N) is 1. The van der Waals surface area contributed by atoms with Crippen molar-refractivity contribution in [1.29, 1.82) is 0 Å². The average Bonchev–Trinajstić information content (AvgIpc) is 2.95. The van der Waals surface area contributed by atoms with E-state index in [1.807, 2.05) is 19.9 Å². The summed E-state index contributed by atoms with van der Waals surface area (Å²) in [6, 6.07) is 3.31. The van der Waals surface area contributed by atoms with Crippen LogP contribution in [0, 0.1) is 5.92 Å². The second-order valence-corrected chi connectivity index (χ2v) is 5.03. The van der Waals surface area contributed by atoms with Gasteiger partial charge in [0.05, 0.1) is 0 Å². The molecule has 128 valence electrons. The van der Waals surface area contributed by atoms with Crippen molar-refractivity contribution in [2.75, 3.05) is 6.54 Å². The molecule has 1 unspecified atom stereocenters. The first-order valence-electron chi connectivity index (χ1n) is 6.85. The maximum Gasteiger partial charge on any atom is 0.249 e. The number of pyridine rings is 1. The Bertz CT molecular complexity index is 592. The quantitative estimate of drug-likeness (QED) is 0.815. The number of carbonyl (C=O) groups excluding carboxylic acids is 1. The number of halogens is 2. The van der Waals surface area contributed by atoms with Gasteiger partial charge in [0.15, 0.2) is 0 Å². The van der Waals surface area contributed by atoms with Gasteiger partial charge in [-0.3, -0.25) is 9.78 Å². The second kappa shape index (κ2) is 10.1. The largest absolute Gasteiger partial charge is 0.344 e. The fraction of sp³-hybridized carbons (Fsp3) is 0.429. The number of amides is 1. The predicted molar refractivity (Wildman–Crippen MR) is 91.4 cm³/mol. The first-order chi connectivity index (χ1) is 10.1. The van der Waals surface area contributed by atoms with Crippen molar-refractivity contribution in [2.45, 2.75) is 26.3 Å². The molecular weight excluding hydrogens is 341 g/mol. The van der Waals surface area contributed by atoms with E-state index in [4.69, 9.17) is 10.3 Å². The Hall–Kier alpha value is -1.70. The van der Waals surface area contributed by atoms with Crippen molar-refractivity contribution in [3.05, 3.63) is 30.4 Å². The molecule has 9 heteroatoms. The summed E-state index contributed by atoms with van der Waals surface area (Å²) >= 11 is 0. The third-order valence-electron chi connectivity index (χ3n) is 2.98. The van der Waals surface area contributed by atoms with Crippen LogP contribution in [0.15, 0.2) is 29.0 Å². The normalized spacial score (nSPS) is 11.3. The monoisotopic (exact) mass is 361 g/mol. The van der Waals surface area contributed by atoms with Gasteiger partial charge in [0, 0.05) is 30.9 Å². The standard InChI is InChI=1S/C14H19N5O2.2ClH/c1-9(2)12(17-11(20)5-6-15)14-18-13(19-21-14)10-4-3-7-16-8-10;;/h3-4,7-9,12H,5-6,15H2,1-2H3,(H,17,20);2*1H. The van der Waals surface area contributed by atoms with Crippen LogP contribution in [0.25, 0.3) is 11.4 Å². The smallest absolute Gasteiger partial charge is 0.249 e. The highest BCUT2D eigenvalue weighted by Gasteiger charge is 2.24. The highest BCUT2D eigenvalue weighted by molar-refractivity contribution is 5.85. The molecule has 0 bridgehead atoms. The van der Waals surface area contributed by atoms with Gasteiger partial charge in [-0.15, -0.1) is 24.8 Å². The number of aromatic nitrogens is 3. The van der Waals surface area contributed by atoms with Crippen LogP contribution in [0.4, 0.5) is 0 Å². The van der Waals surface area contributed by atoms with E-state index < -0.39 is 0 Å². The third-order valence-corrected chi connectivity index (χ3v) is 2.98. The molecule has 23 heavy (non-hydrogen) atoms. The van der Waals surface area contributed by atoms with Crippen LogP contribution in [-0.2, 0) is 4.79 Å². The molecule has 0 fully saturated rings. The zero-order valence-electron chi connectivity index (χ0n) is 12.9. The Morgan fingerprint density at radius 2 is 2.13 bits per heavy atom. The number of nitrogens with two attached hydrogens (primary N) is 1. The van der Waals surface area contributed by atoms with Gasteiger partial charge < -0.3 is 15.6 Å². The molecule has 0 aliphatic heterocycles. The predicted octanol–water partition coefficient (Wildman–Crippen LogP) is 2.14. The highest BCUT2D eigenvalue weighted by atomic mass is 35.5. The van der Waals surface area contributed by atoms with Crippen LogP contribution in [0.1, 0.15) is 32.2 Å². The molecular formula is C14H21Cl2N5O2. The van der Waals surface area contributed by atoms with E-state index in [0.717, 1.165) is 5.56 Å². The van der Waals surface area contributed by atoms with Crippen molar-refractivity contribution in [2.24, 2.45) is 11.7 Å². The van der Waals surface area contributed by atoms with Crippen molar-refractivity contribution in [3.63, 3.8) is 0 Å². The van der Waals surface area contributed by atoms with Gasteiger partial charge in [-0.05, 0) is 18.1 Å². The van der Waals surface area contributed by atoms with Crippen LogP contribution < -0.4 is 11.1 Å². The lowest BCUT2D eigenvalue weighted by atomic mass is 10.0. The number of nitrogens with zero attached hydrogens (tertiary/aromatic N) is 3. The van der Waals surface area contributed by atoms with Gasteiger partial charge in [0.1, 0.15) is 6.04 Å². The summed E-state index contributed by atoms with van der Waals surface area (Å²) in [5.41, 5.74) is 6.15. The maximum absolute atomic E-state index is 11.7. The molecule has 3 N–H and O–H groups in total. The SMILES string of the molecule is CC(C)C(NC(=O)CCN)c1nc(-c2cccnc2)no1.Cl.Cl. The molecule has 1 atom stereocenters. The molecule has 0 aliphatic rings. The first kappa shape index (κ1) is 21.3. The molecule has 0 spiro atoms. The summed E-state index contributed by atoms with van der Waals surface area (Å²) in [5, 5.41) is 6.81. The fourth-order valence-electron chi connectivity index (χ4n) is 1.86. The van der Waals surface area contributed by atoms with Gasteiger partial charge in [-0.1, -0.05) is 19.0 Å². The van der Waals surface area contributed by atoms with Crippen molar-refractivity contribution in [1.82, 2.24) is 20.4 Å². The van der Waals surface area contributed by atoms with E-state index in [9.17, 15) is 4.79 Å². The van der Waals surface area contributed by atoms with E-state index in [1.54, 1.807) is 18.5 Å². The minimum Gasteiger partial charge on any atom is -0.344 e. The van der Waals surface area contributed by atoms with E-state index in [0.29, 0.717) is 18.3 Å². The van der Waals surface area contributed by atoms with E-state index in [1.165, 1.54) is 0 Å². The minimum atomic E-state index is -0.332. The summed E-state index contributed by atoms with van der Waals surface area (Å²) in [5.74, 6) is 0.831. The minimum absolute atomic E-state index is 0. The van der Waals surface area contributed by atoms with E-state index >= 15 is 0 Å². The summed E-state index contributed by atoms with van der Waals surface area (Å²) in [6.45, 7) is 4.25. The number of hydrogen-bond acceptors (Lipinski definition) is 6. The number of carbonyl (C=O) groups is 1. The Morgan fingerprint density at radius 1 is 1.39 bits per heavy atom. The topological polar surface area (TPSA) is 107 Å².